The molecule has 1 aromatic carbocycles. The number of benzene rings is 1. The van der Waals surface area contributed by atoms with Crippen LogP contribution in [0.1, 0.15) is 24.4 Å². The predicted octanol–water partition coefficient (Wildman–Crippen LogP) is 3.83. The normalized spacial score (nSPS) is 10.6. The number of rotatable bonds is 5. The molecular formula is C15H17NO2. The summed E-state index contributed by atoms with van der Waals surface area (Å²) in [6, 6.07) is 11.4. The lowest BCUT2D eigenvalue weighted by molar-refractivity contribution is 0.110. The highest BCUT2D eigenvalue weighted by Gasteiger charge is 2.09. The monoisotopic (exact) mass is 243 g/mol. The molecule has 1 aromatic heterocycles. The second-order valence-electron chi connectivity index (χ2n) is 4.64. The zero-order valence-corrected chi connectivity index (χ0v) is 10.6. The smallest absolute Gasteiger partial charge is 0.185 e. The number of aldehydes is 1. The number of carbonyl (C=O) groups is 1. The van der Waals surface area contributed by atoms with Crippen molar-refractivity contribution in [2.45, 2.75) is 13.8 Å². The first kappa shape index (κ1) is 12.4. The summed E-state index contributed by atoms with van der Waals surface area (Å²) in [4.78, 5) is 10.6. The van der Waals surface area contributed by atoms with Gasteiger partial charge in [-0.25, -0.2) is 0 Å². The van der Waals surface area contributed by atoms with Gasteiger partial charge in [-0.1, -0.05) is 26.0 Å². The Bertz CT molecular complexity index is 529. The Balaban J connectivity index is 2.29. The van der Waals surface area contributed by atoms with Crippen LogP contribution in [0.25, 0.3) is 11.3 Å². The summed E-state index contributed by atoms with van der Waals surface area (Å²) in [6.07, 6.45) is 0.716. The van der Waals surface area contributed by atoms with Gasteiger partial charge in [-0.05, 0) is 30.2 Å². The zero-order chi connectivity index (χ0) is 13.0. The van der Waals surface area contributed by atoms with Crippen molar-refractivity contribution in [3.05, 3.63) is 42.2 Å². The quantitative estimate of drug-likeness (QED) is 0.811. The van der Waals surface area contributed by atoms with E-state index in [0.717, 1.165) is 17.8 Å². The molecule has 0 aliphatic carbocycles. The summed E-state index contributed by atoms with van der Waals surface area (Å²) in [5.41, 5.74) is 2.00. The molecule has 0 aliphatic heterocycles. The molecule has 0 fully saturated rings. The van der Waals surface area contributed by atoms with Gasteiger partial charge in [0.2, 0.25) is 0 Å². The molecule has 3 heteroatoms. The lowest BCUT2D eigenvalue weighted by atomic mass is 10.1. The van der Waals surface area contributed by atoms with E-state index in [2.05, 4.69) is 19.2 Å². The SMILES string of the molecule is CC(C)CNc1ccccc1-c1ccc(C=O)o1. The number of hydrogen-bond donors (Lipinski definition) is 1. The summed E-state index contributed by atoms with van der Waals surface area (Å²) < 4.78 is 5.46. The molecule has 0 radical (unpaired) electrons. The van der Waals surface area contributed by atoms with Gasteiger partial charge in [0.1, 0.15) is 5.76 Å². The molecule has 0 bridgehead atoms. The summed E-state index contributed by atoms with van der Waals surface area (Å²) in [5, 5.41) is 3.39. The van der Waals surface area contributed by atoms with E-state index in [1.165, 1.54) is 0 Å². The van der Waals surface area contributed by atoms with Gasteiger partial charge in [0.15, 0.2) is 12.0 Å². The molecule has 0 atom stereocenters. The second-order valence-corrected chi connectivity index (χ2v) is 4.64. The molecule has 18 heavy (non-hydrogen) atoms. The molecular weight excluding hydrogens is 226 g/mol. The number of anilines is 1. The summed E-state index contributed by atoms with van der Waals surface area (Å²) >= 11 is 0. The van der Waals surface area contributed by atoms with E-state index >= 15 is 0 Å². The summed E-state index contributed by atoms with van der Waals surface area (Å²) in [6.45, 7) is 5.22. The number of hydrogen-bond acceptors (Lipinski definition) is 3. The van der Waals surface area contributed by atoms with E-state index in [9.17, 15) is 4.79 Å². The fourth-order valence-electron chi connectivity index (χ4n) is 1.73. The van der Waals surface area contributed by atoms with Crippen LogP contribution in [0.4, 0.5) is 5.69 Å². The van der Waals surface area contributed by atoms with Crippen molar-refractivity contribution in [2.24, 2.45) is 5.92 Å². The topological polar surface area (TPSA) is 42.2 Å². The van der Waals surface area contributed by atoms with Crippen LogP contribution in [-0.4, -0.2) is 12.8 Å². The third-order valence-electron chi connectivity index (χ3n) is 2.64. The maximum Gasteiger partial charge on any atom is 0.185 e. The van der Waals surface area contributed by atoms with Gasteiger partial charge in [0.05, 0.1) is 0 Å². The number of furan rings is 1. The highest BCUT2D eigenvalue weighted by molar-refractivity contribution is 5.77. The van der Waals surface area contributed by atoms with E-state index in [0.29, 0.717) is 23.7 Å². The van der Waals surface area contributed by atoms with Gasteiger partial charge in [0.25, 0.3) is 0 Å². The first-order chi connectivity index (χ1) is 8.70. The molecule has 0 spiro atoms. The standard InChI is InChI=1S/C15H17NO2/c1-11(2)9-16-14-6-4-3-5-13(14)15-8-7-12(10-17)18-15/h3-8,10-11,16H,9H2,1-2H3. The molecule has 2 rings (SSSR count). The molecule has 94 valence electrons. The average molecular weight is 243 g/mol. The van der Waals surface area contributed by atoms with Crippen LogP contribution >= 0.6 is 0 Å². The van der Waals surface area contributed by atoms with Crippen molar-refractivity contribution in [1.82, 2.24) is 0 Å². The zero-order valence-electron chi connectivity index (χ0n) is 10.6. The third kappa shape index (κ3) is 2.80. The fourth-order valence-corrected chi connectivity index (χ4v) is 1.73. The summed E-state index contributed by atoms with van der Waals surface area (Å²) in [7, 11) is 0. The third-order valence-corrected chi connectivity index (χ3v) is 2.64. The highest BCUT2D eigenvalue weighted by atomic mass is 16.3. The van der Waals surface area contributed by atoms with Gasteiger partial charge in [-0.2, -0.15) is 0 Å². The highest BCUT2D eigenvalue weighted by Crippen LogP contribution is 2.29. The van der Waals surface area contributed by atoms with Crippen molar-refractivity contribution < 1.29 is 9.21 Å². The van der Waals surface area contributed by atoms with Crippen LogP contribution in [0.5, 0.6) is 0 Å². The van der Waals surface area contributed by atoms with Crippen LogP contribution in [-0.2, 0) is 0 Å². The summed E-state index contributed by atoms with van der Waals surface area (Å²) in [5.74, 6) is 1.63. The van der Waals surface area contributed by atoms with Gasteiger partial charge in [-0.15, -0.1) is 0 Å². The Morgan fingerprint density at radius 1 is 1.22 bits per heavy atom. The van der Waals surface area contributed by atoms with E-state index in [-0.39, 0.29) is 0 Å². The predicted molar refractivity (Wildman–Crippen MR) is 72.9 cm³/mol. The largest absolute Gasteiger partial charge is 0.453 e. The molecule has 3 nitrogen and oxygen atoms in total. The minimum atomic E-state index is 0.351. The Morgan fingerprint density at radius 2 is 2.00 bits per heavy atom. The molecule has 0 saturated carbocycles. The van der Waals surface area contributed by atoms with Crippen LogP contribution in [0.2, 0.25) is 0 Å². The minimum absolute atomic E-state index is 0.351. The molecule has 0 unspecified atom stereocenters. The molecule has 2 aromatic rings. The van der Waals surface area contributed by atoms with Crippen molar-refractivity contribution in [1.29, 1.82) is 0 Å². The first-order valence-corrected chi connectivity index (χ1v) is 6.09. The molecule has 0 amide bonds. The van der Waals surface area contributed by atoms with Crippen LogP contribution in [0, 0.1) is 5.92 Å². The number of para-hydroxylation sites is 1. The lowest BCUT2D eigenvalue weighted by Gasteiger charge is -2.12. The van der Waals surface area contributed by atoms with Gasteiger partial charge in [-0.3, -0.25) is 4.79 Å². The maximum atomic E-state index is 10.6. The molecule has 1 heterocycles. The van der Waals surface area contributed by atoms with Crippen LogP contribution in [0.15, 0.2) is 40.8 Å². The van der Waals surface area contributed by atoms with Crippen LogP contribution < -0.4 is 5.32 Å². The first-order valence-electron chi connectivity index (χ1n) is 6.09. The number of nitrogens with one attached hydrogen (secondary N) is 1. The molecule has 0 saturated heterocycles. The van der Waals surface area contributed by atoms with Crippen LogP contribution in [0.3, 0.4) is 0 Å². The maximum absolute atomic E-state index is 10.6. The Hall–Kier alpha value is -2.03. The second kappa shape index (κ2) is 5.54. The van der Waals surface area contributed by atoms with Gasteiger partial charge in [0, 0.05) is 17.8 Å². The van der Waals surface area contributed by atoms with Crippen molar-refractivity contribution in [2.75, 3.05) is 11.9 Å². The lowest BCUT2D eigenvalue weighted by Crippen LogP contribution is -2.08. The van der Waals surface area contributed by atoms with E-state index in [4.69, 9.17) is 4.42 Å². The minimum Gasteiger partial charge on any atom is -0.453 e. The van der Waals surface area contributed by atoms with E-state index < -0.39 is 0 Å². The molecule has 1 N–H and O–H groups in total. The molecule has 0 aliphatic rings. The van der Waals surface area contributed by atoms with Crippen molar-refractivity contribution in [3.8, 4) is 11.3 Å². The fraction of sp³-hybridized carbons (Fsp3) is 0.267. The van der Waals surface area contributed by atoms with Crippen molar-refractivity contribution in [3.63, 3.8) is 0 Å². The van der Waals surface area contributed by atoms with Crippen molar-refractivity contribution >= 4 is 12.0 Å². The average Bonchev–Trinajstić information content (AvgIpc) is 2.85. The van der Waals surface area contributed by atoms with Gasteiger partial charge < -0.3 is 9.73 Å². The van der Waals surface area contributed by atoms with Gasteiger partial charge >= 0.3 is 0 Å². The Labute approximate surface area is 107 Å². The van der Waals surface area contributed by atoms with E-state index in [1.54, 1.807) is 6.07 Å². The Kier molecular flexibility index (Phi) is 3.82. The Morgan fingerprint density at radius 3 is 2.67 bits per heavy atom. The number of carbonyl (C=O) groups excluding carboxylic acids is 1. The van der Waals surface area contributed by atoms with E-state index in [1.807, 2.05) is 30.3 Å².